The molecule has 6 nitrogen and oxygen atoms in total. The van der Waals surface area contributed by atoms with E-state index < -0.39 is 5.95 Å². The topological polar surface area (TPSA) is 82.1 Å². The minimum absolute atomic E-state index is 0.0791. The predicted molar refractivity (Wildman–Crippen MR) is 97.5 cm³/mol. The van der Waals surface area contributed by atoms with Crippen LogP contribution in [0, 0.1) is 20.8 Å². The van der Waals surface area contributed by atoms with Gasteiger partial charge in [-0.3, -0.25) is 4.79 Å². The van der Waals surface area contributed by atoms with E-state index in [1.165, 1.54) is 4.68 Å². The number of hydrogen-bond acceptors (Lipinski definition) is 5. The van der Waals surface area contributed by atoms with Gasteiger partial charge in [-0.1, -0.05) is 29.8 Å². The van der Waals surface area contributed by atoms with Crippen LogP contribution < -0.4 is 15.1 Å². The molecule has 1 heterocycles. The summed E-state index contributed by atoms with van der Waals surface area (Å²) in [7, 11) is 0. The van der Waals surface area contributed by atoms with Gasteiger partial charge in [-0.15, -0.1) is 0 Å². The fourth-order valence-corrected chi connectivity index (χ4v) is 3.16. The van der Waals surface area contributed by atoms with Crippen LogP contribution in [0.25, 0.3) is 5.69 Å². The number of rotatable bonds is 5. The minimum Gasteiger partial charge on any atom is -0.538 e. The molecule has 1 aromatic heterocycles. The number of nitrogens with one attached hydrogen (secondary N) is 1. The zero-order valence-electron chi connectivity index (χ0n) is 14.8. The van der Waals surface area contributed by atoms with Crippen molar-refractivity contribution < 1.29 is 19.1 Å². The quantitative estimate of drug-likeness (QED) is 0.552. The van der Waals surface area contributed by atoms with Gasteiger partial charge in [0, 0.05) is 17.8 Å². The average molecular weight is 369 g/mol. The summed E-state index contributed by atoms with van der Waals surface area (Å²) in [6, 6.07) is 13.4. The third kappa shape index (κ3) is 4.05. The molecule has 0 aliphatic heterocycles. The van der Waals surface area contributed by atoms with E-state index >= 15 is 0 Å². The molecule has 0 saturated carbocycles. The van der Waals surface area contributed by atoms with E-state index in [9.17, 15) is 9.90 Å². The van der Waals surface area contributed by atoms with Crippen LogP contribution in [0.2, 0.25) is 0 Å². The van der Waals surface area contributed by atoms with Crippen LogP contribution in [0.1, 0.15) is 16.7 Å². The fourth-order valence-electron chi connectivity index (χ4n) is 2.40. The Labute approximate surface area is 155 Å². The maximum absolute atomic E-state index is 12.3. The molecule has 0 atom stereocenters. The number of aromatic nitrogens is 2. The zero-order valence-corrected chi connectivity index (χ0v) is 15.6. The molecule has 0 fully saturated rings. The van der Waals surface area contributed by atoms with Crippen molar-refractivity contribution in [2.45, 2.75) is 25.8 Å². The Balaban J connectivity index is 1.72. The second kappa shape index (κ2) is 7.61. The summed E-state index contributed by atoms with van der Waals surface area (Å²) >= 11 is 1.10. The highest BCUT2D eigenvalue weighted by Gasteiger charge is 2.22. The van der Waals surface area contributed by atoms with Gasteiger partial charge in [-0.25, -0.2) is 0 Å². The molecule has 2 aromatic carbocycles. The van der Waals surface area contributed by atoms with E-state index in [1.54, 1.807) is 0 Å². The molecule has 1 amide bonds. The lowest BCUT2D eigenvalue weighted by Gasteiger charge is -2.08. The second-order valence-electron chi connectivity index (χ2n) is 6.07. The molecule has 0 aliphatic rings. The smallest absolute Gasteiger partial charge is 0.298 e. The van der Waals surface area contributed by atoms with Gasteiger partial charge >= 0.3 is 0 Å². The van der Waals surface area contributed by atoms with E-state index in [2.05, 4.69) is 10.6 Å². The first-order chi connectivity index (χ1) is 12.4. The normalized spacial score (nSPS) is 10.7. The SMILES string of the molecule is Cc1ccc(-[n+]2noc([O-])c2SCC(=O)Nc2cc(C)ccc2C)cc1. The number of hydrogen-bond donors (Lipinski definition) is 1. The summed E-state index contributed by atoms with van der Waals surface area (Å²) in [6.07, 6.45) is 0. The number of thioether (sulfide) groups is 1. The Hall–Kier alpha value is -2.80. The second-order valence-corrected chi connectivity index (χ2v) is 7.03. The van der Waals surface area contributed by atoms with Gasteiger partial charge in [-0.05, 0) is 54.4 Å². The number of anilines is 1. The van der Waals surface area contributed by atoms with Gasteiger partial charge in [0.25, 0.3) is 5.03 Å². The highest BCUT2D eigenvalue weighted by atomic mass is 32.2. The molecule has 1 N–H and O–H groups in total. The van der Waals surface area contributed by atoms with Gasteiger partial charge in [0.05, 0.1) is 11.0 Å². The summed E-state index contributed by atoms with van der Waals surface area (Å²) in [6.45, 7) is 5.88. The number of carbonyl (C=O) groups excluding carboxylic acids is 1. The number of aryl methyl sites for hydroxylation is 3. The van der Waals surface area contributed by atoms with Gasteiger partial charge in [0.2, 0.25) is 11.6 Å². The first kappa shape index (κ1) is 18.0. The molecular weight excluding hydrogens is 350 g/mol. The number of amides is 1. The molecule has 0 unspecified atom stereocenters. The molecule has 134 valence electrons. The first-order valence-electron chi connectivity index (χ1n) is 8.10. The van der Waals surface area contributed by atoms with E-state index in [1.807, 2.05) is 63.2 Å². The van der Waals surface area contributed by atoms with Crippen molar-refractivity contribution in [1.82, 2.24) is 5.27 Å². The number of benzene rings is 2. The van der Waals surface area contributed by atoms with E-state index in [0.29, 0.717) is 5.69 Å². The summed E-state index contributed by atoms with van der Waals surface area (Å²) < 4.78 is 6.18. The average Bonchev–Trinajstić information content (AvgIpc) is 2.98. The Morgan fingerprint density at radius 1 is 1.15 bits per heavy atom. The summed E-state index contributed by atoms with van der Waals surface area (Å²) in [5.74, 6) is -0.676. The van der Waals surface area contributed by atoms with E-state index in [-0.39, 0.29) is 16.7 Å². The van der Waals surface area contributed by atoms with Crippen molar-refractivity contribution >= 4 is 23.4 Å². The molecular formula is C19H19N3O3S. The lowest BCUT2D eigenvalue weighted by atomic mass is 10.1. The lowest BCUT2D eigenvalue weighted by Crippen LogP contribution is -2.35. The highest BCUT2D eigenvalue weighted by molar-refractivity contribution is 7.99. The summed E-state index contributed by atoms with van der Waals surface area (Å²) in [5, 5.41) is 18.9. The van der Waals surface area contributed by atoms with Gasteiger partial charge in [0.1, 0.15) is 0 Å². The maximum atomic E-state index is 12.3. The highest BCUT2D eigenvalue weighted by Crippen LogP contribution is 2.24. The molecule has 7 heteroatoms. The van der Waals surface area contributed by atoms with E-state index in [0.717, 1.165) is 34.1 Å². The van der Waals surface area contributed by atoms with Crippen LogP contribution in [0.15, 0.2) is 52.0 Å². The van der Waals surface area contributed by atoms with Crippen LogP contribution in [0.4, 0.5) is 5.69 Å². The monoisotopic (exact) mass is 369 g/mol. The predicted octanol–water partition coefficient (Wildman–Crippen LogP) is 2.68. The third-order valence-electron chi connectivity index (χ3n) is 3.86. The van der Waals surface area contributed by atoms with Crippen molar-refractivity contribution in [3.63, 3.8) is 0 Å². The number of nitrogens with zero attached hydrogens (tertiary/aromatic N) is 2. The zero-order chi connectivity index (χ0) is 18.7. The maximum Gasteiger partial charge on any atom is 0.298 e. The first-order valence-corrected chi connectivity index (χ1v) is 9.08. The van der Waals surface area contributed by atoms with Crippen LogP contribution in [0.5, 0.6) is 5.95 Å². The molecule has 0 radical (unpaired) electrons. The van der Waals surface area contributed by atoms with Crippen molar-refractivity contribution in [3.8, 4) is 11.6 Å². The van der Waals surface area contributed by atoms with Crippen LogP contribution >= 0.6 is 11.8 Å². The van der Waals surface area contributed by atoms with Gasteiger partial charge < -0.3 is 14.9 Å². The molecule has 26 heavy (non-hydrogen) atoms. The van der Waals surface area contributed by atoms with Crippen molar-refractivity contribution in [2.24, 2.45) is 0 Å². The fraction of sp³-hybridized carbons (Fsp3) is 0.211. The molecule has 0 bridgehead atoms. The van der Waals surface area contributed by atoms with Crippen molar-refractivity contribution in [3.05, 3.63) is 59.2 Å². The van der Waals surface area contributed by atoms with Crippen LogP contribution in [-0.4, -0.2) is 16.9 Å². The minimum atomic E-state index is -0.560. The molecule has 3 rings (SSSR count). The molecule has 0 saturated heterocycles. The Bertz CT molecular complexity index is 936. The van der Waals surface area contributed by atoms with Crippen LogP contribution in [-0.2, 0) is 4.79 Å². The van der Waals surface area contributed by atoms with Gasteiger partial charge in [-0.2, -0.15) is 0 Å². The van der Waals surface area contributed by atoms with E-state index in [4.69, 9.17) is 4.52 Å². The third-order valence-corrected chi connectivity index (χ3v) is 4.88. The molecule has 0 aliphatic carbocycles. The molecule has 0 spiro atoms. The van der Waals surface area contributed by atoms with Crippen molar-refractivity contribution in [1.29, 1.82) is 0 Å². The Morgan fingerprint density at radius 2 is 1.85 bits per heavy atom. The van der Waals surface area contributed by atoms with Crippen LogP contribution in [0.3, 0.4) is 0 Å². The standard InChI is InChI=1S/C19H19N3O3S/c1-12-5-8-15(9-6-12)22-18(19(24)25-21-22)26-11-17(23)20-16-10-13(2)4-7-14(16)3/h4-10H,11H2,1-3H3,(H-,20,21,23,24). The summed E-state index contributed by atoms with van der Waals surface area (Å²) in [4.78, 5) is 12.3. The number of carbonyl (C=O) groups is 1. The Morgan fingerprint density at radius 3 is 2.58 bits per heavy atom. The summed E-state index contributed by atoms with van der Waals surface area (Å²) in [5.41, 5.74) is 4.63. The van der Waals surface area contributed by atoms with Gasteiger partial charge in [0.15, 0.2) is 5.95 Å². The molecule has 3 aromatic rings. The van der Waals surface area contributed by atoms with Crippen molar-refractivity contribution in [2.75, 3.05) is 11.1 Å². The Kier molecular flexibility index (Phi) is 5.27. The lowest BCUT2D eigenvalue weighted by molar-refractivity contribution is -0.705. The largest absolute Gasteiger partial charge is 0.538 e.